The molecule has 4 aromatic rings. The zero-order chi connectivity index (χ0) is 15.4. The average Bonchev–Trinajstić information content (AvgIpc) is 3.21. The van der Waals surface area contributed by atoms with E-state index in [9.17, 15) is 0 Å². The van der Waals surface area contributed by atoms with Gasteiger partial charge in [0.05, 0.1) is 17.6 Å². The van der Waals surface area contributed by atoms with E-state index in [1.807, 2.05) is 6.07 Å². The van der Waals surface area contributed by atoms with Gasteiger partial charge < -0.3 is 5.32 Å². The van der Waals surface area contributed by atoms with E-state index < -0.39 is 0 Å². The van der Waals surface area contributed by atoms with E-state index in [0.29, 0.717) is 0 Å². The summed E-state index contributed by atoms with van der Waals surface area (Å²) in [5, 5.41) is 4.50. The lowest BCUT2D eigenvalue weighted by Crippen LogP contribution is -2.19. The van der Waals surface area contributed by atoms with Gasteiger partial charge in [-0.2, -0.15) is 0 Å². The summed E-state index contributed by atoms with van der Waals surface area (Å²) in [6.45, 7) is 1.74. The Hall–Kier alpha value is -2.18. The van der Waals surface area contributed by atoms with Gasteiger partial charge in [-0.15, -0.1) is 12.4 Å². The Balaban J connectivity index is 0.00000146. The third-order valence-electron chi connectivity index (χ3n) is 4.14. The van der Waals surface area contributed by atoms with Crippen molar-refractivity contribution in [2.24, 2.45) is 4.99 Å². The molecule has 0 unspecified atom stereocenters. The lowest BCUT2D eigenvalue weighted by molar-refractivity contribution is 0.960. The molecule has 5 rings (SSSR count). The number of halogens is 2. The molecule has 0 saturated heterocycles. The molecule has 4 heterocycles. The van der Waals surface area contributed by atoms with E-state index in [1.165, 1.54) is 5.39 Å². The van der Waals surface area contributed by atoms with Gasteiger partial charge in [0, 0.05) is 22.8 Å². The zero-order valence-corrected chi connectivity index (χ0v) is 14.9. The minimum absolute atomic E-state index is 0. The Morgan fingerprint density at radius 1 is 1.08 bits per heavy atom. The van der Waals surface area contributed by atoms with E-state index in [1.54, 1.807) is 6.20 Å². The maximum atomic E-state index is 4.62. The minimum Gasteiger partial charge on any atom is -0.368 e. The summed E-state index contributed by atoms with van der Waals surface area (Å²) >= 11 is 3.50. The molecular weight excluding hydrogens is 390 g/mol. The summed E-state index contributed by atoms with van der Waals surface area (Å²) in [7, 11) is 0. The Morgan fingerprint density at radius 3 is 2.79 bits per heavy atom. The minimum atomic E-state index is 0. The molecule has 120 valence electrons. The summed E-state index contributed by atoms with van der Waals surface area (Å²) in [6.07, 6.45) is 1.78. The number of hydrogen-bond donors (Lipinski definition) is 1. The number of nitrogens with one attached hydrogen (secondary N) is 1. The van der Waals surface area contributed by atoms with Crippen LogP contribution in [0.5, 0.6) is 0 Å². The second-order valence-corrected chi connectivity index (χ2v) is 6.48. The molecule has 1 aliphatic heterocycles. The second-order valence-electron chi connectivity index (χ2n) is 5.57. The number of fused-ring (bicyclic) bond motifs is 5. The topological polar surface area (TPSA) is 54.6 Å². The number of rotatable bonds is 1. The van der Waals surface area contributed by atoms with Crippen LogP contribution in [0.1, 0.15) is 5.56 Å². The Kier molecular flexibility index (Phi) is 3.66. The van der Waals surface area contributed by atoms with Crippen LogP contribution in [0, 0.1) is 0 Å². The summed E-state index contributed by atoms with van der Waals surface area (Å²) in [5.74, 6) is 0.965. The van der Waals surface area contributed by atoms with E-state index in [0.717, 1.165) is 51.3 Å². The van der Waals surface area contributed by atoms with Gasteiger partial charge in [-0.05, 0) is 45.6 Å². The van der Waals surface area contributed by atoms with Crippen LogP contribution in [0.15, 0.2) is 52.1 Å². The molecule has 0 amide bonds. The van der Waals surface area contributed by atoms with Crippen molar-refractivity contribution < 1.29 is 0 Å². The normalized spacial score (nSPS) is 14.0. The van der Waals surface area contributed by atoms with Gasteiger partial charge in [-0.1, -0.05) is 12.1 Å². The number of aliphatic imine (C=N–C) groups is 1. The molecule has 0 radical (unpaired) electrons. The van der Waals surface area contributed by atoms with E-state index in [-0.39, 0.29) is 12.4 Å². The molecule has 0 spiro atoms. The van der Waals surface area contributed by atoms with Crippen LogP contribution in [-0.4, -0.2) is 33.3 Å². The molecule has 0 atom stereocenters. The quantitative estimate of drug-likeness (QED) is 0.529. The highest BCUT2D eigenvalue weighted by atomic mass is 79.9. The third-order valence-corrected chi connectivity index (χ3v) is 4.57. The summed E-state index contributed by atoms with van der Waals surface area (Å²) in [6, 6.07) is 12.6. The van der Waals surface area contributed by atoms with Crippen molar-refractivity contribution in [1.29, 1.82) is 0 Å². The van der Waals surface area contributed by atoms with Gasteiger partial charge in [-0.25, -0.2) is 9.97 Å². The average molecular weight is 403 g/mol. The van der Waals surface area contributed by atoms with Gasteiger partial charge in [0.1, 0.15) is 11.5 Å². The first-order valence-corrected chi connectivity index (χ1v) is 8.24. The van der Waals surface area contributed by atoms with E-state index in [2.05, 4.69) is 70.9 Å². The molecule has 7 heteroatoms. The van der Waals surface area contributed by atoms with Crippen molar-refractivity contribution in [1.82, 2.24) is 19.7 Å². The number of nitrogens with zero attached hydrogens (tertiary/aromatic N) is 4. The number of imidazole rings is 1. The molecule has 1 N–H and O–H groups in total. The second kappa shape index (κ2) is 5.72. The third kappa shape index (κ3) is 2.25. The summed E-state index contributed by atoms with van der Waals surface area (Å²) in [4.78, 5) is 13.5. The molecule has 0 saturated carbocycles. The van der Waals surface area contributed by atoms with Crippen molar-refractivity contribution >= 4 is 61.9 Å². The van der Waals surface area contributed by atoms with Gasteiger partial charge in [-0.3, -0.25) is 9.39 Å². The number of benzene rings is 1. The Morgan fingerprint density at radius 2 is 1.96 bits per heavy atom. The largest absolute Gasteiger partial charge is 0.368 e. The molecule has 5 nitrogen and oxygen atoms in total. The maximum Gasteiger partial charge on any atom is 0.178 e. The predicted molar refractivity (Wildman–Crippen MR) is 102 cm³/mol. The number of amidine groups is 1. The van der Waals surface area contributed by atoms with Crippen LogP contribution in [0.25, 0.3) is 27.7 Å². The highest BCUT2D eigenvalue weighted by molar-refractivity contribution is 9.10. The van der Waals surface area contributed by atoms with Gasteiger partial charge in [0.2, 0.25) is 0 Å². The van der Waals surface area contributed by atoms with Gasteiger partial charge in [0.25, 0.3) is 0 Å². The van der Waals surface area contributed by atoms with Gasteiger partial charge >= 0.3 is 0 Å². The Labute approximate surface area is 152 Å². The van der Waals surface area contributed by atoms with Crippen molar-refractivity contribution in [2.45, 2.75) is 0 Å². The van der Waals surface area contributed by atoms with Crippen LogP contribution >= 0.6 is 28.3 Å². The standard InChI is InChI=1S/C17H12BrN5.ClH/c18-12-8-14-17(21-9-12)22-15-4-3-10-1-2-11(7-13(10)23(14)15)16-19-5-6-20-16;/h1-4,7-9H,5-6H2,(H,19,20);1H. The van der Waals surface area contributed by atoms with Gasteiger partial charge in [0.15, 0.2) is 5.65 Å². The molecular formula is C17H13BrClN5. The SMILES string of the molecule is Brc1cnc2nc3ccc4ccc(C5=NCCN5)cc4n3c2c1.Cl. The molecule has 0 fully saturated rings. The maximum absolute atomic E-state index is 4.62. The van der Waals surface area contributed by atoms with E-state index in [4.69, 9.17) is 0 Å². The smallest absolute Gasteiger partial charge is 0.178 e. The summed E-state index contributed by atoms with van der Waals surface area (Å²) in [5.41, 5.74) is 4.86. The fraction of sp³-hybridized carbons (Fsp3) is 0.118. The first kappa shape index (κ1) is 15.4. The van der Waals surface area contributed by atoms with Crippen LogP contribution < -0.4 is 5.32 Å². The first-order chi connectivity index (χ1) is 11.3. The van der Waals surface area contributed by atoms with Crippen LogP contribution in [0.3, 0.4) is 0 Å². The molecule has 1 aromatic carbocycles. The van der Waals surface area contributed by atoms with Crippen molar-refractivity contribution in [2.75, 3.05) is 13.1 Å². The predicted octanol–water partition coefficient (Wildman–Crippen LogP) is 3.57. The summed E-state index contributed by atoms with van der Waals surface area (Å²) < 4.78 is 3.10. The number of pyridine rings is 2. The Bertz CT molecular complexity index is 1120. The van der Waals surface area contributed by atoms with Crippen LogP contribution in [0.2, 0.25) is 0 Å². The fourth-order valence-electron chi connectivity index (χ4n) is 3.10. The highest BCUT2D eigenvalue weighted by Gasteiger charge is 2.12. The molecule has 24 heavy (non-hydrogen) atoms. The lowest BCUT2D eigenvalue weighted by Gasteiger charge is -2.07. The van der Waals surface area contributed by atoms with Crippen LogP contribution in [-0.2, 0) is 0 Å². The molecule has 0 bridgehead atoms. The zero-order valence-electron chi connectivity index (χ0n) is 12.5. The first-order valence-electron chi connectivity index (χ1n) is 7.45. The fourth-order valence-corrected chi connectivity index (χ4v) is 3.42. The van der Waals surface area contributed by atoms with Crippen LogP contribution in [0.4, 0.5) is 0 Å². The molecule has 3 aromatic heterocycles. The molecule has 1 aliphatic rings. The molecule has 0 aliphatic carbocycles. The van der Waals surface area contributed by atoms with Crippen molar-refractivity contribution in [3.8, 4) is 0 Å². The lowest BCUT2D eigenvalue weighted by atomic mass is 10.1. The van der Waals surface area contributed by atoms with Crippen molar-refractivity contribution in [3.05, 3.63) is 52.6 Å². The van der Waals surface area contributed by atoms with Crippen molar-refractivity contribution in [3.63, 3.8) is 0 Å². The highest BCUT2D eigenvalue weighted by Crippen LogP contribution is 2.25. The number of aromatic nitrogens is 3. The monoisotopic (exact) mass is 401 g/mol. The van der Waals surface area contributed by atoms with E-state index >= 15 is 0 Å². The number of hydrogen-bond acceptors (Lipinski definition) is 4.